The van der Waals surface area contributed by atoms with Gasteiger partial charge in [-0.25, -0.2) is 0 Å². The van der Waals surface area contributed by atoms with Gasteiger partial charge in [-0.2, -0.15) is 0 Å². The number of amides is 1. The second-order valence-electron chi connectivity index (χ2n) is 4.17. The SMILES string of the molecule is CC(C)NCC1CCCN(C=O)C1. The average Bonchev–Trinajstić information content (AvgIpc) is 2.15. The lowest BCUT2D eigenvalue weighted by molar-refractivity contribution is -0.119. The molecule has 0 bridgehead atoms. The molecule has 1 atom stereocenters. The number of carbonyl (C=O) groups is 1. The molecule has 0 aromatic heterocycles. The van der Waals surface area contributed by atoms with Gasteiger partial charge >= 0.3 is 0 Å². The van der Waals surface area contributed by atoms with E-state index in [0.717, 1.165) is 32.5 Å². The van der Waals surface area contributed by atoms with E-state index in [0.29, 0.717) is 12.0 Å². The molecule has 0 radical (unpaired) electrons. The molecule has 0 aromatic rings. The summed E-state index contributed by atoms with van der Waals surface area (Å²) in [5.74, 6) is 0.654. The molecule has 1 aliphatic rings. The van der Waals surface area contributed by atoms with Gasteiger partial charge in [0, 0.05) is 19.1 Å². The molecule has 13 heavy (non-hydrogen) atoms. The second-order valence-corrected chi connectivity index (χ2v) is 4.17. The molecular formula is C10H20N2O. The van der Waals surface area contributed by atoms with Crippen LogP contribution < -0.4 is 5.32 Å². The van der Waals surface area contributed by atoms with Gasteiger partial charge in [-0.15, -0.1) is 0 Å². The summed E-state index contributed by atoms with van der Waals surface area (Å²) in [6.45, 7) is 7.23. The lowest BCUT2D eigenvalue weighted by Crippen LogP contribution is -2.40. The van der Waals surface area contributed by atoms with Crippen molar-refractivity contribution in [2.24, 2.45) is 5.92 Å². The van der Waals surface area contributed by atoms with E-state index in [1.165, 1.54) is 6.42 Å². The monoisotopic (exact) mass is 184 g/mol. The third-order valence-corrected chi connectivity index (χ3v) is 2.51. The van der Waals surface area contributed by atoms with E-state index in [4.69, 9.17) is 0 Å². The van der Waals surface area contributed by atoms with Gasteiger partial charge in [-0.05, 0) is 25.3 Å². The molecule has 76 valence electrons. The quantitative estimate of drug-likeness (QED) is 0.657. The first-order valence-electron chi connectivity index (χ1n) is 5.15. The van der Waals surface area contributed by atoms with Crippen molar-refractivity contribution in [1.82, 2.24) is 10.2 Å². The van der Waals surface area contributed by atoms with Gasteiger partial charge < -0.3 is 10.2 Å². The second kappa shape index (κ2) is 5.22. The van der Waals surface area contributed by atoms with Gasteiger partial charge in [0.15, 0.2) is 0 Å². The summed E-state index contributed by atoms with van der Waals surface area (Å²) in [6.07, 6.45) is 3.38. The molecule has 3 heteroatoms. The topological polar surface area (TPSA) is 32.3 Å². The highest BCUT2D eigenvalue weighted by Crippen LogP contribution is 2.14. The van der Waals surface area contributed by atoms with Crippen molar-refractivity contribution in [3.05, 3.63) is 0 Å². The minimum Gasteiger partial charge on any atom is -0.345 e. The number of rotatable bonds is 4. The molecule has 0 spiro atoms. The van der Waals surface area contributed by atoms with E-state index in [1.807, 2.05) is 4.90 Å². The summed E-state index contributed by atoms with van der Waals surface area (Å²) in [4.78, 5) is 12.4. The van der Waals surface area contributed by atoms with E-state index in [9.17, 15) is 4.79 Å². The molecule has 1 N–H and O–H groups in total. The first kappa shape index (κ1) is 10.5. The Kier molecular flexibility index (Phi) is 4.22. The Morgan fingerprint density at radius 2 is 2.38 bits per heavy atom. The van der Waals surface area contributed by atoms with E-state index < -0.39 is 0 Å². The minimum absolute atomic E-state index is 0.548. The zero-order chi connectivity index (χ0) is 9.68. The van der Waals surface area contributed by atoms with Crippen molar-refractivity contribution in [3.63, 3.8) is 0 Å². The Morgan fingerprint density at radius 3 is 3.00 bits per heavy atom. The van der Waals surface area contributed by atoms with Crippen molar-refractivity contribution >= 4 is 6.41 Å². The van der Waals surface area contributed by atoms with E-state index in [2.05, 4.69) is 19.2 Å². The molecule has 0 aliphatic carbocycles. The Bertz CT molecular complexity index is 159. The van der Waals surface area contributed by atoms with Gasteiger partial charge in [0.2, 0.25) is 6.41 Å². The van der Waals surface area contributed by atoms with Crippen LogP contribution in [0.1, 0.15) is 26.7 Å². The zero-order valence-corrected chi connectivity index (χ0v) is 8.62. The molecule has 1 rings (SSSR count). The fourth-order valence-electron chi connectivity index (χ4n) is 1.76. The molecule has 1 amide bonds. The average molecular weight is 184 g/mol. The molecular weight excluding hydrogens is 164 g/mol. The van der Waals surface area contributed by atoms with Crippen LogP contribution in [0.25, 0.3) is 0 Å². The summed E-state index contributed by atoms with van der Waals surface area (Å²) in [6, 6.07) is 0.548. The van der Waals surface area contributed by atoms with Gasteiger partial charge in [0.1, 0.15) is 0 Å². The highest BCUT2D eigenvalue weighted by atomic mass is 16.1. The summed E-state index contributed by atoms with van der Waals surface area (Å²) >= 11 is 0. The van der Waals surface area contributed by atoms with Crippen LogP contribution in [-0.2, 0) is 4.79 Å². The lowest BCUT2D eigenvalue weighted by Gasteiger charge is -2.30. The number of hydrogen-bond acceptors (Lipinski definition) is 2. The third-order valence-electron chi connectivity index (χ3n) is 2.51. The van der Waals surface area contributed by atoms with Gasteiger partial charge in [0.25, 0.3) is 0 Å². The van der Waals surface area contributed by atoms with Crippen molar-refractivity contribution in [1.29, 1.82) is 0 Å². The van der Waals surface area contributed by atoms with E-state index >= 15 is 0 Å². The maximum atomic E-state index is 10.5. The summed E-state index contributed by atoms with van der Waals surface area (Å²) in [5, 5.41) is 3.42. The van der Waals surface area contributed by atoms with E-state index in [1.54, 1.807) is 0 Å². The fraction of sp³-hybridized carbons (Fsp3) is 0.900. The van der Waals surface area contributed by atoms with Crippen LogP contribution in [0.5, 0.6) is 0 Å². The molecule has 1 fully saturated rings. The van der Waals surface area contributed by atoms with Crippen molar-refractivity contribution in [2.75, 3.05) is 19.6 Å². The smallest absolute Gasteiger partial charge is 0.209 e. The normalized spacial score (nSPS) is 23.6. The molecule has 0 aromatic carbocycles. The van der Waals surface area contributed by atoms with Crippen molar-refractivity contribution < 1.29 is 4.79 Å². The van der Waals surface area contributed by atoms with Crippen LogP contribution in [-0.4, -0.2) is 37.0 Å². The highest BCUT2D eigenvalue weighted by molar-refractivity contribution is 5.47. The fourth-order valence-corrected chi connectivity index (χ4v) is 1.76. The number of piperidine rings is 1. The van der Waals surface area contributed by atoms with Gasteiger partial charge in [-0.1, -0.05) is 13.8 Å². The molecule has 1 heterocycles. The molecule has 3 nitrogen and oxygen atoms in total. The van der Waals surface area contributed by atoms with Crippen LogP contribution in [0.3, 0.4) is 0 Å². The molecule has 1 unspecified atom stereocenters. The minimum atomic E-state index is 0.548. The summed E-state index contributed by atoms with van der Waals surface area (Å²) < 4.78 is 0. The number of likely N-dealkylation sites (tertiary alicyclic amines) is 1. The van der Waals surface area contributed by atoms with Gasteiger partial charge in [0.05, 0.1) is 0 Å². The molecule has 1 aliphatic heterocycles. The first-order chi connectivity index (χ1) is 6.22. The molecule has 1 saturated heterocycles. The Labute approximate surface area is 80.5 Å². The number of nitrogens with one attached hydrogen (secondary N) is 1. The zero-order valence-electron chi connectivity index (χ0n) is 8.62. The maximum Gasteiger partial charge on any atom is 0.209 e. The number of hydrogen-bond donors (Lipinski definition) is 1. The van der Waals surface area contributed by atoms with Crippen LogP contribution in [0, 0.1) is 5.92 Å². The number of nitrogens with zero attached hydrogens (tertiary/aromatic N) is 1. The molecule has 0 saturated carbocycles. The highest BCUT2D eigenvalue weighted by Gasteiger charge is 2.18. The Hall–Kier alpha value is -0.570. The predicted molar refractivity (Wildman–Crippen MR) is 53.5 cm³/mol. The van der Waals surface area contributed by atoms with Crippen LogP contribution in [0.2, 0.25) is 0 Å². The van der Waals surface area contributed by atoms with Crippen LogP contribution in [0.4, 0.5) is 0 Å². The van der Waals surface area contributed by atoms with Crippen molar-refractivity contribution in [3.8, 4) is 0 Å². The summed E-state index contributed by atoms with van der Waals surface area (Å²) in [7, 11) is 0. The third kappa shape index (κ3) is 3.77. The van der Waals surface area contributed by atoms with Crippen molar-refractivity contribution in [2.45, 2.75) is 32.7 Å². The maximum absolute atomic E-state index is 10.5. The first-order valence-corrected chi connectivity index (χ1v) is 5.15. The predicted octanol–water partition coefficient (Wildman–Crippen LogP) is 0.853. The standard InChI is InChI=1S/C10H20N2O/c1-9(2)11-6-10-4-3-5-12(7-10)8-13/h8-11H,3-7H2,1-2H3. The largest absolute Gasteiger partial charge is 0.345 e. The number of carbonyl (C=O) groups excluding carboxylic acids is 1. The van der Waals surface area contributed by atoms with Crippen LogP contribution >= 0.6 is 0 Å². The van der Waals surface area contributed by atoms with Gasteiger partial charge in [-0.3, -0.25) is 4.79 Å². The Balaban J connectivity index is 2.21. The van der Waals surface area contributed by atoms with Crippen LogP contribution in [0.15, 0.2) is 0 Å². The van der Waals surface area contributed by atoms with E-state index in [-0.39, 0.29) is 0 Å². The summed E-state index contributed by atoms with van der Waals surface area (Å²) in [5.41, 5.74) is 0. The Morgan fingerprint density at radius 1 is 1.62 bits per heavy atom. The lowest BCUT2D eigenvalue weighted by atomic mass is 9.98.